The predicted molar refractivity (Wildman–Crippen MR) is 63.4 cm³/mol. The molecule has 1 fully saturated rings. The smallest absolute Gasteiger partial charge is 0.229 e. The summed E-state index contributed by atoms with van der Waals surface area (Å²) in [6.45, 7) is 2.00. The van der Waals surface area contributed by atoms with Gasteiger partial charge in [0, 0.05) is 18.7 Å². The summed E-state index contributed by atoms with van der Waals surface area (Å²) in [7, 11) is 1.79. The Morgan fingerprint density at radius 1 is 1.38 bits per heavy atom. The molecule has 1 saturated carbocycles. The number of anilines is 1. The third kappa shape index (κ3) is 2.18. The Morgan fingerprint density at radius 2 is 1.94 bits per heavy atom. The van der Waals surface area contributed by atoms with Gasteiger partial charge in [-0.2, -0.15) is 0 Å². The number of aromatic hydroxyl groups is 1. The van der Waals surface area contributed by atoms with Crippen LogP contribution in [0.5, 0.6) is 5.75 Å². The molecule has 1 amide bonds. The maximum Gasteiger partial charge on any atom is 0.229 e. The second-order valence-corrected chi connectivity index (χ2v) is 4.54. The second kappa shape index (κ2) is 4.16. The van der Waals surface area contributed by atoms with E-state index in [4.69, 9.17) is 0 Å². The van der Waals surface area contributed by atoms with Crippen molar-refractivity contribution in [3.8, 4) is 5.75 Å². The SMILES string of the molecule is CC(C(=O)N(C)c1ccc(O)cc1)C1CC1. The molecule has 0 saturated heterocycles. The normalized spacial score (nSPS) is 16.9. The first-order valence-corrected chi connectivity index (χ1v) is 5.66. The van der Waals surface area contributed by atoms with Crippen LogP contribution in [0.25, 0.3) is 0 Å². The largest absolute Gasteiger partial charge is 0.508 e. The first-order chi connectivity index (χ1) is 7.59. The summed E-state index contributed by atoms with van der Waals surface area (Å²) in [6.07, 6.45) is 2.35. The number of phenolic OH excluding ortho intramolecular Hbond substituents is 1. The molecular weight excluding hydrogens is 202 g/mol. The Balaban J connectivity index is 2.08. The molecule has 86 valence electrons. The van der Waals surface area contributed by atoms with Gasteiger partial charge in [-0.3, -0.25) is 4.79 Å². The highest BCUT2D eigenvalue weighted by Crippen LogP contribution is 2.37. The molecular formula is C13H17NO2. The van der Waals surface area contributed by atoms with Crippen LogP contribution in [0.1, 0.15) is 19.8 Å². The number of rotatable bonds is 3. The topological polar surface area (TPSA) is 40.5 Å². The second-order valence-electron chi connectivity index (χ2n) is 4.54. The van der Waals surface area contributed by atoms with Crippen molar-refractivity contribution >= 4 is 11.6 Å². The molecule has 0 radical (unpaired) electrons. The lowest BCUT2D eigenvalue weighted by Gasteiger charge is -2.21. The molecule has 16 heavy (non-hydrogen) atoms. The van der Waals surface area contributed by atoms with Gasteiger partial charge >= 0.3 is 0 Å². The highest BCUT2D eigenvalue weighted by Gasteiger charge is 2.34. The van der Waals surface area contributed by atoms with Crippen LogP contribution >= 0.6 is 0 Å². The molecule has 0 aliphatic heterocycles. The molecule has 1 atom stereocenters. The molecule has 1 aromatic rings. The van der Waals surface area contributed by atoms with Gasteiger partial charge in [-0.25, -0.2) is 0 Å². The summed E-state index contributed by atoms with van der Waals surface area (Å²) in [5.41, 5.74) is 0.829. The molecule has 0 aromatic heterocycles. The quantitative estimate of drug-likeness (QED) is 0.848. The van der Waals surface area contributed by atoms with Gasteiger partial charge in [0.2, 0.25) is 5.91 Å². The van der Waals surface area contributed by atoms with Gasteiger partial charge in [0.1, 0.15) is 5.75 Å². The fraction of sp³-hybridized carbons (Fsp3) is 0.462. The van der Waals surface area contributed by atoms with Crippen molar-refractivity contribution in [1.29, 1.82) is 0 Å². The average Bonchev–Trinajstić information content (AvgIpc) is 3.11. The van der Waals surface area contributed by atoms with Crippen molar-refractivity contribution in [1.82, 2.24) is 0 Å². The number of benzene rings is 1. The van der Waals surface area contributed by atoms with Crippen molar-refractivity contribution in [2.24, 2.45) is 11.8 Å². The summed E-state index contributed by atoms with van der Waals surface area (Å²) < 4.78 is 0. The van der Waals surface area contributed by atoms with Crippen LogP contribution in [0.3, 0.4) is 0 Å². The van der Waals surface area contributed by atoms with Crippen LogP contribution in [-0.2, 0) is 4.79 Å². The van der Waals surface area contributed by atoms with E-state index in [0.717, 1.165) is 5.69 Å². The Labute approximate surface area is 95.7 Å². The number of amides is 1. The van der Waals surface area contributed by atoms with Crippen molar-refractivity contribution < 1.29 is 9.90 Å². The fourth-order valence-corrected chi connectivity index (χ4v) is 1.91. The maximum atomic E-state index is 12.1. The van der Waals surface area contributed by atoms with Gasteiger partial charge < -0.3 is 10.0 Å². The monoisotopic (exact) mass is 219 g/mol. The number of hydrogen-bond donors (Lipinski definition) is 1. The maximum absolute atomic E-state index is 12.1. The van der Waals surface area contributed by atoms with E-state index in [2.05, 4.69) is 0 Å². The molecule has 0 spiro atoms. The van der Waals surface area contributed by atoms with Gasteiger partial charge in [0.05, 0.1) is 0 Å². The van der Waals surface area contributed by atoms with E-state index in [9.17, 15) is 9.90 Å². The molecule has 1 aliphatic carbocycles. The minimum Gasteiger partial charge on any atom is -0.508 e. The lowest BCUT2D eigenvalue weighted by atomic mass is 10.0. The van der Waals surface area contributed by atoms with E-state index in [-0.39, 0.29) is 17.6 Å². The first kappa shape index (κ1) is 11.0. The van der Waals surface area contributed by atoms with Gasteiger partial charge in [-0.05, 0) is 43.0 Å². The standard InChI is InChI=1S/C13H17NO2/c1-9(10-3-4-10)13(16)14(2)11-5-7-12(15)8-6-11/h5-10,15H,3-4H2,1-2H3. The van der Waals surface area contributed by atoms with Crippen molar-refractivity contribution in [3.05, 3.63) is 24.3 Å². The van der Waals surface area contributed by atoms with E-state index < -0.39 is 0 Å². The lowest BCUT2D eigenvalue weighted by molar-refractivity contribution is -0.122. The van der Waals surface area contributed by atoms with Crippen LogP contribution in [0, 0.1) is 11.8 Å². The van der Waals surface area contributed by atoms with Crippen molar-refractivity contribution in [3.63, 3.8) is 0 Å². The van der Waals surface area contributed by atoms with Gasteiger partial charge in [-0.15, -0.1) is 0 Å². The average molecular weight is 219 g/mol. The molecule has 1 aromatic carbocycles. The van der Waals surface area contributed by atoms with Gasteiger partial charge in [0.15, 0.2) is 0 Å². The van der Waals surface area contributed by atoms with E-state index in [1.807, 2.05) is 6.92 Å². The molecule has 1 unspecified atom stereocenters. The summed E-state index contributed by atoms with van der Waals surface area (Å²) in [5.74, 6) is 1.07. The minimum atomic E-state index is 0.110. The predicted octanol–water partition coefficient (Wildman–Crippen LogP) is 2.40. The lowest BCUT2D eigenvalue weighted by Crippen LogP contribution is -2.32. The zero-order valence-corrected chi connectivity index (χ0v) is 9.68. The van der Waals surface area contributed by atoms with Gasteiger partial charge in [0.25, 0.3) is 0 Å². The Hall–Kier alpha value is -1.51. The Morgan fingerprint density at radius 3 is 2.44 bits per heavy atom. The summed E-state index contributed by atoms with van der Waals surface area (Å²) >= 11 is 0. The van der Waals surface area contributed by atoms with Gasteiger partial charge in [-0.1, -0.05) is 6.92 Å². The fourth-order valence-electron chi connectivity index (χ4n) is 1.91. The molecule has 2 rings (SSSR count). The number of phenols is 1. The Kier molecular flexibility index (Phi) is 2.86. The summed E-state index contributed by atoms with van der Waals surface area (Å²) in [6, 6.07) is 6.71. The number of nitrogens with zero attached hydrogens (tertiary/aromatic N) is 1. The molecule has 0 heterocycles. The highest BCUT2D eigenvalue weighted by molar-refractivity contribution is 5.94. The zero-order valence-electron chi connectivity index (χ0n) is 9.68. The van der Waals surface area contributed by atoms with E-state index in [0.29, 0.717) is 5.92 Å². The van der Waals surface area contributed by atoms with Crippen molar-refractivity contribution in [2.45, 2.75) is 19.8 Å². The van der Waals surface area contributed by atoms with Crippen molar-refractivity contribution in [2.75, 3.05) is 11.9 Å². The number of carbonyl (C=O) groups excluding carboxylic acids is 1. The summed E-state index contributed by atoms with van der Waals surface area (Å²) in [4.78, 5) is 13.7. The minimum absolute atomic E-state index is 0.110. The number of carbonyl (C=O) groups is 1. The molecule has 1 aliphatic rings. The third-order valence-corrected chi connectivity index (χ3v) is 3.29. The van der Waals surface area contributed by atoms with Crippen LogP contribution < -0.4 is 4.90 Å². The van der Waals surface area contributed by atoms with Crippen LogP contribution in [0.2, 0.25) is 0 Å². The molecule has 3 nitrogen and oxygen atoms in total. The van der Waals surface area contributed by atoms with E-state index in [1.54, 1.807) is 36.2 Å². The molecule has 0 bridgehead atoms. The molecule has 1 N–H and O–H groups in total. The Bertz CT molecular complexity index is 381. The molecule has 3 heteroatoms. The van der Waals surface area contributed by atoms with E-state index in [1.165, 1.54) is 12.8 Å². The first-order valence-electron chi connectivity index (χ1n) is 5.66. The van der Waals surface area contributed by atoms with Crippen LogP contribution in [-0.4, -0.2) is 18.1 Å². The third-order valence-electron chi connectivity index (χ3n) is 3.29. The number of hydrogen-bond acceptors (Lipinski definition) is 2. The highest BCUT2D eigenvalue weighted by atomic mass is 16.3. The van der Waals surface area contributed by atoms with Crippen LogP contribution in [0.15, 0.2) is 24.3 Å². The summed E-state index contributed by atoms with van der Waals surface area (Å²) in [5, 5.41) is 9.18. The van der Waals surface area contributed by atoms with Crippen LogP contribution in [0.4, 0.5) is 5.69 Å². The zero-order chi connectivity index (χ0) is 11.7. The van der Waals surface area contributed by atoms with E-state index >= 15 is 0 Å².